The van der Waals surface area contributed by atoms with Gasteiger partial charge in [0.05, 0.1) is 16.8 Å². The number of nitrogens with zero attached hydrogens (tertiary/aromatic N) is 2. The van der Waals surface area contributed by atoms with E-state index in [2.05, 4.69) is 16.4 Å². The van der Waals surface area contributed by atoms with E-state index in [1.165, 1.54) is 11.8 Å². The van der Waals surface area contributed by atoms with Crippen molar-refractivity contribution in [2.45, 2.75) is 32.7 Å². The molecule has 0 aliphatic heterocycles. The summed E-state index contributed by atoms with van der Waals surface area (Å²) in [6, 6.07) is 14.1. The van der Waals surface area contributed by atoms with Crippen LogP contribution < -0.4 is 5.32 Å². The van der Waals surface area contributed by atoms with Gasteiger partial charge in [0.2, 0.25) is 5.91 Å². The lowest BCUT2D eigenvalue weighted by atomic mass is 10.0. The van der Waals surface area contributed by atoms with Gasteiger partial charge < -0.3 is 5.32 Å². The zero-order valence-electron chi connectivity index (χ0n) is 15.9. The first kappa shape index (κ1) is 18.9. The molecule has 0 spiro atoms. The minimum Gasteiger partial charge on any atom is -0.325 e. The lowest BCUT2D eigenvalue weighted by Crippen LogP contribution is -2.15. The third-order valence-corrected chi connectivity index (χ3v) is 5.49. The number of pyridine rings is 1. The number of nitriles is 1. The Balaban J connectivity index is 1.82. The standard InChI is InChI=1S/C22H21N3OS/c1-13-5-6-15(3)19(9-13)24-20(26)12-27-22-17(11-23)10-18-14(2)7-8-16(4)21(18)25-22/h5-10H,12H2,1-4H3,(H,24,26). The molecule has 0 saturated carbocycles. The van der Waals surface area contributed by atoms with Crippen molar-refractivity contribution in [3.63, 3.8) is 0 Å². The summed E-state index contributed by atoms with van der Waals surface area (Å²) in [5, 5.41) is 14.0. The Morgan fingerprint density at radius 1 is 1.07 bits per heavy atom. The highest BCUT2D eigenvalue weighted by molar-refractivity contribution is 8.00. The van der Waals surface area contributed by atoms with E-state index in [1.807, 2.05) is 64.1 Å². The molecule has 0 unspecified atom stereocenters. The number of hydrogen-bond acceptors (Lipinski definition) is 4. The largest absolute Gasteiger partial charge is 0.325 e. The van der Waals surface area contributed by atoms with E-state index >= 15 is 0 Å². The third-order valence-electron chi connectivity index (χ3n) is 4.50. The van der Waals surface area contributed by atoms with E-state index in [-0.39, 0.29) is 11.7 Å². The van der Waals surface area contributed by atoms with E-state index in [4.69, 9.17) is 0 Å². The highest BCUT2D eigenvalue weighted by atomic mass is 32.2. The smallest absolute Gasteiger partial charge is 0.234 e. The maximum Gasteiger partial charge on any atom is 0.234 e. The molecule has 1 amide bonds. The van der Waals surface area contributed by atoms with Gasteiger partial charge in [0.25, 0.3) is 0 Å². The molecule has 27 heavy (non-hydrogen) atoms. The summed E-state index contributed by atoms with van der Waals surface area (Å²) in [5.74, 6) is 0.0891. The number of aromatic nitrogens is 1. The van der Waals surface area contributed by atoms with Crippen molar-refractivity contribution in [2.75, 3.05) is 11.1 Å². The Morgan fingerprint density at radius 2 is 1.78 bits per heavy atom. The van der Waals surface area contributed by atoms with Crippen molar-refractivity contribution in [1.82, 2.24) is 4.98 Å². The number of amides is 1. The first-order valence-corrected chi connectivity index (χ1v) is 9.68. The fourth-order valence-electron chi connectivity index (χ4n) is 2.90. The number of rotatable bonds is 4. The second kappa shape index (κ2) is 7.81. The van der Waals surface area contributed by atoms with Crippen LogP contribution in [0.15, 0.2) is 41.4 Å². The average molecular weight is 375 g/mol. The van der Waals surface area contributed by atoms with Crippen molar-refractivity contribution >= 4 is 34.3 Å². The first-order chi connectivity index (χ1) is 12.9. The average Bonchev–Trinajstić information content (AvgIpc) is 2.65. The van der Waals surface area contributed by atoms with Gasteiger partial charge in [-0.1, -0.05) is 36.0 Å². The molecule has 0 atom stereocenters. The van der Waals surface area contributed by atoms with Crippen molar-refractivity contribution < 1.29 is 4.79 Å². The molecule has 3 rings (SSSR count). The monoisotopic (exact) mass is 375 g/mol. The second-order valence-corrected chi connectivity index (χ2v) is 7.67. The van der Waals surface area contributed by atoms with Crippen molar-refractivity contribution in [1.29, 1.82) is 5.26 Å². The van der Waals surface area contributed by atoms with Crippen LogP contribution in [0.5, 0.6) is 0 Å². The predicted octanol–water partition coefficient (Wildman–Crippen LogP) is 5.07. The number of carbonyl (C=O) groups is 1. The molecule has 5 heteroatoms. The molecule has 0 fully saturated rings. The molecular weight excluding hydrogens is 354 g/mol. The van der Waals surface area contributed by atoms with Crippen LogP contribution in [0.2, 0.25) is 0 Å². The van der Waals surface area contributed by atoms with E-state index < -0.39 is 0 Å². The van der Waals surface area contributed by atoms with Crippen LogP contribution in [0.4, 0.5) is 5.69 Å². The van der Waals surface area contributed by atoms with Gasteiger partial charge in [-0.2, -0.15) is 5.26 Å². The Kier molecular flexibility index (Phi) is 5.48. The number of anilines is 1. The van der Waals surface area contributed by atoms with Gasteiger partial charge in [-0.25, -0.2) is 4.98 Å². The lowest BCUT2D eigenvalue weighted by Gasteiger charge is -2.11. The fourth-order valence-corrected chi connectivity index (χ4v) is 3.65. The minimum absolute atomic E-state index is 0.111. The predicted molar refractivity (Wildman–Crippen MR) is 111 cm³/mol. The Hall–Kier alpha value is -2.84. The number of nitrogens with one attached hydrogen (secondary N) is 1. The van der Waals surface area contributed by atoms with Crippen LogP contribution in [0, 0.1) is 39.0 Å². The number of carbonyl (C=O) groups excluding carboxylic acids is 1. The molecular formula is C22H21N3OS. The van der Waals surface area contributed by atoms with Crippen molar-refractivity contribution in [3.8, 4) is 6.07 Å². The quantitative estimate of drug-likeness (QED) is 0.647. The summed E-state index contributed by atoms with van der Waals surface area (Å²) in [5.41, 5.74) is 6.46. The number of hydrogen-bond donors (Lipinski definition) is 1. The molecule has 0 aliphatic rings. The molecule has 0 saturated heterocycles. The summed E-state index contributed by atoms with van der Waals surface area (Å²) in [7, 11) is 0. The third kappa shape index (κ3) is 4.12. The molecule has 1 aromatic heterocycles. The van der Waals surface area contributed by atoms with Crippen LogP contribution in [0.1, 0.15) is 27.8 Å². The second-order valence-electron chi connectivity index (χ2n) is 6.70. The topological polar surface area (TPSA) is 65.8 Å². The zero-order valence-corrected chi connectivity index (χ0v) is 16.7. The Bertz CT molecular complexity index is 1080. The number of aryl methyl sites for hydroxylation is 4. The molecule has 136 valence electrons. The van der Waals surface area contributed by atoms with Gasteiger partial charge in [-0.05, 0) is 62.1 Å². The molecule has 0 aliphatic carbocycles. The highest BCUT2D eigenvalue weighted by Crippen LogP contribution is 2.28. The Labute approximate surface area is 163 Å². The van der Waals surface area contributed by atoms with Crippen LogP contribution in [-0.4, -0.2) is 16.6 Å². The summed E-state index contributed by atoms with van der Waals surface area (Å²) >= 11 is 1.29. The van der Waals surface area contributed by atoms with Gasteiger partial charge in [-0.3, -0.25) is 4.79 Å². The van der Waals surface area contributed by atoms with Crippen LogP contribution >= 0.6 is 11.8 Å². The SMILES string of the molecule is Cc1ccc(C)c(NC(=O)CSc2nc3c(C)ccc(C)c3cc2C#N)c1. The minimum atomic E-state index is -0.111. The van der Waals surface area contributed by atoms with Gasteiger partial charge in [0.15, 0.2) is 0 Å². The van der Waals surface area contributed by atoms with E-state index in [0.29, 0.717) is 10.6 Å². The fraction of sp³-hybridized carbons (Fsp3) is 0.227. The molecule has 1 N–H and O–H groups in total. The first-order valence-electron chi connectivity index (χ1n) is 8.70. The summed E-state index contributed by atoms with van der Waals surface area (Å²) in [4.78, 5) is 17.1. The van der Waals surface area contributed by atoms with E-state index in [1.54, 1.807) is 0 Å². The van der Waals surface area contributed by atoms with E-state index in [0.717, 1.165) is 38.8 Å². The molecule has 4 nitrogen and oxygen atoms in total. The summed E-state index contributed by atoms with van der Waals surface area (Å²) in [6.45, 7) is 7.97. The van der Waals surface area contributed by atoms with Crippen LogP contribution in [-0.2, 0) is 4.79 Å². The normalized spacial score (nSPS) is 10.6. The zero-order chi connectivity index (χ0) is 19.6. The van der Waals surface area contributed by atoms with Crippen LogP contribution in [0.3, 0.4) is 0 Å². The van der Waals surface area contributed by atoms with Crippen molar-refractivity contribution in [3.05, 3.63) is 64.2 Å². The summed E-state index contributed by atoms with van der Waals surface area (Å²) < 4.78 is 0. The van der Waals surface area contributed by atoms with Crippen molar-refractivity contribution in [2.24, 2.45) is 0 Å². The van der Waals surface area contributed by atoms with Crippen LogP contribution in [0.25, 0.3) is 10.9 Å². The molecule has 2 aromatic carbocycles. The van der Waals surface area contributed by atoms with Gasteiger partial charge in [-0.15, -0.1) is 0 Å². The van der Waals surface area contributed by atoms with E-state index in [9.17, 15) is 10.1 Å². The summed E-state index contributed by atoms with van der Waals surface area (Å²) in [6.07, 6.45) is 0. The maximum atomic E-state index is 12.4. The Morgan fingerprint density at radius 3 is 2.52 bits per heavy atom. The maximum absolute atomic E-state index is 12.4. The lowest BCUT2D eigenvalue weighted by molar-refractivity contribution is -0.113. The van der Waals surface area contributed by atoms with Gasteiger partial charge in [0, 0.05) is 11.1 Å². The van der Waals surface area contributed by atoms with Gasteiger partial charge >= 0.3 is 0 Å². The van der Waals surface area contributed by atoms with Gasteiger partial charge in [0.1, 0.15) is 11.1 Å². The number of benzene rings is 2. The molecule has 0 bridgehead atoms. The molecule has 0 radical (unpaired) electrons. The molecule has 3 aromatic rings. The molecule has 1 heterocycles. The highest BCUT2D eigenvalue weighted by Gasteiger charge is 2.13. The number of fused-ring (bicyclic) bond motifs is 1. The number of thioether (sulfide) groups is 1.